The van der Waals surface area contributed by atoms with Crippen molar-refractivity contribution in [1.82, 2.24) is 0 Å². The third-order valence-corrected chi connectivity index (χ3v) is 4.18. The van der Waals surface area contributed by atoms with Crippen molar-refractivity contribution in [3.05, 3.63) is 22.4 Å². The quantitative estimate of drug-likeness (QED) is 0.534. The molecule has 0 bridgehead atoms. The first kappa shape index (κ1) is 16.2. The molecule has 0 aliphatic heterocycles. The highest BCUT2D eigenvalue weighted by Crippen LogP contribution is 2.23. The van der Waals surface area contributed by atoms with Crippen LogP contribution in [0.2, 0.25) is 0 Å². The van der Waals surface area contributed by atoms with Gasteiger partial charge < -0.3 is 9.47 Å². The predicted molar refractivity (Wildman–Crippen MR) is 78.2 cm³/mol. The van der Waals surface area contributed by atoms with Crippen LogP contribution in [0.4, 0.5) is 0 Å². The summed E-state index contributed by atoms with van der Waals surface area (Å²) >= 11 is 1.72. The van der Waals surface area contributed by atoms with Crippen LogP contribution in [0.25, 0.3) is 0 Å². The van der Waals surface area contributed by atoms with Crippen molar-refractivity contribution in [3.63, 3.8) is 0 Å². The van der Waals surface area contributed by atoms with Gasteiger partial charge in [0.15, 0.2) is 0 Å². The second-order valence-electron chi connectivity index (χ2n) is 5.18. The van der Waals surface area contributed by atoms with Crippen LogP contribution in [0, 0.1) is 5.41 Å². The first-order chi connectivity index (χ1) is 8.99. The van der Waals surface area contributed by atoms with Crippen molar-refractivity contribution in [2.45, 2.75) is 53.2 Å². The van der Waals surface area contributed by atoms with Crippen molar-refractivity contribution < 1.29 is 14.3 Å². The topological polar surface area (TPSA) is 35.5 Å². The number of ether oxygens (including phenoxy) is 2. The molecule has 1 unspecified atom stereocenters. The Morgan fingerprint density at radius 2 is 2.16 bits per heavy atom. The highest BCUT2D eigenvalue weighted by molar-refractivity contribution is 7.09. The van der Waals surface area contributed by atoms with Gasteiger partial charge in [0.1, 0.15) is 0 Å². The molecule has 19 heavy (non-hydrogen) atoms. The van der Waals surface area contributed by atoms with E-state index in [9.17, 15) is 4.79 Å². The minimum Gasteiger partial charge on any atom is -0.435 e. The van der Waals surface area contributed by atoms with Crippen LogP contribution in [-0.4, -0.2) is 18.9 Å². The summed E-state index contributed by atoms with van der Waals surface area (Å²) in [7, 11) is 0. The number of hydrogen-bond acceptors (Lipinski definition) is 4. The maximum absolute atomic E-state index is 12.0. The van der Waals surface area contributed by atoms with Gasteiger partial charge in [-0.1, -0.05) is 19.9 Å². The second kappa shape index (κ2) is 7.65. The van der Waals surface area contributed by atoms with Gasteiger partial charge in [-0.2, -0.15) is 0 Å². The maximum atomic E-state index is 12.0. The first-order valence-corrected chi connectivity index (χ1v) is 7.72. The predicted octanol–water partition coefficient (Wildman–Crippen LogP) is 4.02. The van der Waals surface area contributed by atoms with Gasteiger partial charge in [0.05, 0.1) is 12.0 Å². The summed E-state index contributed by atoms with van der Waals surface area (Å²) in [4.78, 5) is 13.2. The van der Waals surface area contributed by atoms with Crippen molar-refractivity contribution in [1.29, 1.82) is 0 Å². The summed E-state index contributed by atoms with van der Waals surface area (Å²) in [5.41, 5.74) is -0.440. The molecule has 1 aromatic heterocycles. The summed E-state index contributed by atoms with van der Waals surface area (Å²) in [6.07, 6.45) is 1.87. The Kier molecular flexibility index (Phi) is 6.52. The van der Waals surface area contributed by atoms with Crippen LogP contribution in [0.1, 0.15) is 45.4 Å². The van der Waals surface area contributed by atoms with Crippen LogP contribution in [-0.2, 0) is 20.7 Å². The number of hydrogen-bond donors (Lipinski definition) is 0. The van der Waals surface area contributed by atoms with E-state index in [4.69, 9.17) is 9.47 Å². The van der Waals surface area contributed by atoms with Crippen LogP contribution < -0.4 is 0 Å². The van der Waals surface area contributed by atoms with E-state index in [1.54, 1.807) is 11.3 Å². The number of thiophene rings is 1. The fourth-order valence-electron chi connectivity index (χ4n) is 1.40. The largest absolute Gasteiger partial charge is 0.435 e. The Bertz CT molecular complexity index is 371. The molecule has 1 aromatic rings. The normalized spacial score (nSPS) is 13.3. The minimum absolute atomic E-state index is 0.182. The molecule has 0 N–H and O–H groups in total. The minimum atomic E-state index is -0.440. The number of esters is 1. The standard InChI is InChI=1S/C15H24O3S/c1-5-13(18-14(16)15(3,4)6-2)17-10-9-12-8-7-11-19-12/h7-8,11,13H,5-6,9-10H2,1-4H3. The molecule has 0 amide bonds. The van der Waals surface area contributed by atoms with Gasteiger partial charge in [-0.15, -0.1) is 11.3 Å². The Balaban J connectivity index is 2.35. The SMILES string of the molecule is CCC(OCCc1cccs1)OC(=O)C(C)(C)CC. The summed E-state index contributed by atoms with van der Waals surface area (Å²) in [5.74, 6) is -0.182. The monoisotopic (exact) mass is 284 g/mol. The number of rotatable bonds is 8. The lowest BCUT2D eigenvalue weighted by Crippen LogP contribution is -2.31. The Hall–Kier alpha value is -0.870. The average Bonchev–Trinajstić information content (AvgIpc) is 2.90. The lowest BCUT2D eigenvalue weighted by molar-refractivity contribution is -0.189. The van der Waals surface area contributed by atoms with E-state index >= 15 is 0 Å². The highest BCUT2D eigenvalue weighted by Gasteiger charge is 2.29. The van der Waals surface area contributed by atoms with E-state index < -0.39 is 11.7 Å². The van der Waals surface area contributed by atoms with Gasteiger partial charge in [0.2, 0.25) is 6.29 Å². The van der Waals surface area contributed by atoms with E-state index in [1.165, 1.54) is 4.88 Å². The van der Waals surface area contributed by atoms with E-state index in [-0.39, 0.29) is 5.97 Å². The van der Waals surface area contributed by atoms with Crippen molar-refractivity contribution in [2.24, 2.45) is 5.41 Å². The van der Waals surface area contributed by atoms with Crippen molar-refractivity contribution in [2.75, 3.05) is 6.61 Å². The smallest absolute Gasteiger partial charge is 0.313 e. The molecule has 1 rings (SSSR count). The third kappa shape index (κ3) is 5.33. The molecule has 0 saturated heterocycles. The lowest BCUT2D eigenvalue weighted by Gasteiger charge is -2.24. The second-order valence-corrected chi connectivity index (χ2v) is 6.21. The summed E-state index contributed by atoms with van der Waals surface area (Å²) in [5, 5.41) is 2.05. The molecule has 1 heterocycles. The van der Waals surface area contributed by atoms with Crippen molar-refractivity contribution in [3.8, 4) is 0 Å². The van der Waals surface area contributed by atoms with Crippen LogP contribution in [0.3, 0.4) is 0 Å². The van der Waals surface area contributed by atoms with E-state index in [2.05, 4.69) is 11.4 Å². The molecule has 0 spiro atoms. The number of carbonyl (C=O) groups is 1. The fraction of sp³-hybridized carbons (Fsp3) is 0.667. The summed E-state index contributed by atoms with van der Waals surface area (Å²) in [6.45, 7) is 8.32. The van der Waals surface area contributed by atoms with E-state index in [0.717, 1.165) is 12.8 Å². The third-order valence-electron chi connectivity index (χ3n) is 3.24. The molecule has 108 valence electrons. The first-order valence-electron chi connectivity index (χ1n) is 6.84. The molecule has 4 heteroatoms. The zero-order valence-electron chi connectivity index (χ0n) is 12.3. The van der Waals surface area contributed by atoms with Crippen molar-refractivity contribution >= 4 is 17.3 Å². The Morgan fingerprint density at radius 3 is 2.68 bits per heavy atom. The summed E-state index contributed by atoms with van der Waals surface area (Å²) in [6, 6.07) is 4.11. The molecule has 0 saturated carbocycles. The van der Waals surface area contributed by atoms with Crippen LogP contribution in [0.15, 0.2) is 17.5 Å². The average molecular weight is 284 g/mol. The summed E-state index contributed by atoms with van der Waals surface area (Å²) < 4.78 is 11.1. The molecular formula is C15H24O3S. The van der Waals surface area contributed by atoms with Gasteiger partial charge in [0, 0.05) is 17.7 Å². The Morgan fingerprint density at radius 1 is 1.42 bits per heavy atom. The van der Waals surface area contributed by atoms with E-state index in [0.29, 0.717) is 13.0 Å². The zero-order chi connectivity index (χ0) is 14.3. The van der Waals surface area contributed by atoms with Gasteiger partial charge in [-0.25, -0.2) is 0 Å². The molecule has 3 nitrogen and oxygen atoms in total. The lowest BCUT2D eigenvalue weighted by atomic mass is 9.91. The van der Waals surface area contributed by atoms with Gasteiger partial charge in [0.25, 0.3) is 0 Å². The highest BCUT2D eigenvalue weighted by atomic mass is 32.1. The Labute approximate surface area is 119 Å². The van der Waals surface area contributed by atoms with Gasteiger partial charge in [-0.3, -0.25) is 4.79 Å². The molecule has 0 radical (unpaired) electrons. The number of carbonyl (C=O) groups excluding carboxylic acids is 1. The molecule has 0 fully saturated rings. The molecule has 0 aliphatic carbocycles. The zero-order valence-corrected chi connectivity index (χ0v) is 13.1. The molecule has 0 aliphatic rings. The van der Waals surface area contributed by atoms with Crippen LogP contribution >= 0.6 is 11.3 Å². The maximum Gasteiger partial charge on any atom is 0.313 e. The van der Waals surface area contributed by atoms with Crippen LogP contribution in [0.5, 0.6) is 0 Å². The van der Waals surface area contributed by atoms with Gasteiger partial charge >= 0.3 is 5.97 Å². The molecule has 1 atom stereocenters. The molecule has 0 aromatic carbocycles. The molecular weight excluding hydrogens is 260 g/mol. The fourth-order valence-corrected chi connectivity index (χ4v) is 2.09. The van der Waals surface area contributed by atoms with E-state index in [1.807, 2.05) is 33.8 Å². The van der Waals surface area contributed by atoms with Gasteiger partial charge in [-0.05, 0) is 31.7 Å².